The zero-order chi connectivity index (χ0) is 24.0. The van der Waals surface area contributed by atoms with Crippen LogP contribution >= 0.6 is 0 Å². The Hall–Kier alpha value is -3.47. The van der Waals surface area contributed by atoms with Crippen LogP contribution in [0, 0.1) is 17.2 Å². The molecule has 0 aromatic heterocycles. The lowest BCUT2D eigenvalue weighted by Gasteiger charge is -2.31. The van der Waals surface area contributed by atoms with Crippen LogP contribution in [0.4, 0.5) is 0 Å². The van der Waals surface area contributed by atoms with E-state index in [9.17, 15) is 13.2 Å². The maximum Gasteiger partial charge on any atom is 0.243 e. The lowest BCUT2D eigenvalue weighted by molar-refractivity contribution is -0.126. The molecule has 1 fully saturated rings. The second-order valence-electron chi connectivity index (χ2n) is 8.43. The maximum atomic E-state index is 13.0. The number of amides is 1. The van der Waals surface area contributed by atoms with Gasteiger partial charge in [0.15, 0.2) is 0 Å². The first-order valence-electron chi connectivity index (χ1n) is 11.4. The fourth-order valence-electron chi connectivity index (χ4n) is 4.35. The van der Waals surface area contributed by atoms with E-state index in [1.54, 1.807) is 0 Å². The van der Waals surface area contributed by atoms with E-state index < -0.39 is 10.0 Å². The van der Waals surface area contributed by atoms with Crippen LogP contribution in [-0.2, 0) is 14.8 Å². The van der Waals surface area contributed by atoms with Crippen molar-refractivity contribution in [2.75, 3.05) is 19.6 Å². The molecule has 0 unspecified atom stereocenters. The Morgan fingerprint density at radius 3 is 1.94 bits per heavy atom. The van der Waals surface area contributed by atoms with Gasteiger partial charge < -0.3 is 5.32 Å². The highest BCUT2D eigenvalue weighted by Gasteiger charge is 2.32. The van der Waals surface area contributed by atoms with Crippen molar-refractivity contribution in [2.45, 2.75) is 23.7 Å². The number of nitrogens with zero attached hydrogens (tertiary/aromatic N) is 2. The number of piperidine rings is 1. The number of sulfonamides is 1. The topological polar surface area (TPSA) is 90.3 Å². The smallest absolute Gasteiger partial charge is 0.243 e. The summed E-state index contributed by atoms with van der Waals surface area (Å²) in [5, 5.41) is 12.0. The molecule has 0 saturated carbocycles. The summed E-state index contributed by atoms with van der Waals surface area (Å²) >= 11 is 0. The third kappa shape index (κ3) is 5.36. The molecular formula is C27H27N3O3S. The molecular weight excluding hydrogens is 446 g/mol. The predicted molar refractivity (Wildman–Crippen MR) is 130 cm³/mol. The molecule has 4 rings (SSSR count). The van der Waals surface area contributed by atoms with Gasteiger partial charge in [-0.15, -0.1) is 0 Å². The first-order chi connectivity index (χ1) is 16.5. The molecule has 0 aliphatic carbocycles. The molecule has 3 aromatic rings. The molecule has 174 valence electrons. The number of benzene rings is 3. The van der Waals surface area contributed by atoms with Crippen LogP contribution in [0.15, 0.2) is 89.8 Å². The van der Waals surface area contributed by atoms with Crippen molar-refractivity contribution in [3.63, 3.8) is 0 Å². The van der Waals surface area contributed by atoms with Gasteiger partial charge in [-0.25, -0.2) is 8.42 Å². The normalized spacial score (nSPS) is 15.1. The molecule has 3 aromatic carbocycles. The number of rotatable bonds is 7. The van der Waals surface area contributed by atoms with E-state index in [1.807, 2.05) is 42.5 Å². The first kappa shape index (κ1) is 23.7. The van der Waals surface area contributed by atoms with Crippen molar-refractivity contribution in [1.29, 1.82) is 5.26 Å². The minimum absolute atomic E-state index is 0.0349. The molecule has 1 heterocycles. The Labute approximate surface area is 200 Å². The minimum atomic E-state index is -3.64. The molecule has 7 heteroatoms. The molecule has 1 amide bonds. The summed E-state index contributed by atoms with van der Waals surface area (Å²) in [6.45, 7) is 1.07. The van der Waals surface area contributed by atoms with E-state index in [0.717, 1.165) is 11.1 Å². The molecule has 0 atom stereocenters. The minimum Gasteiger partial charge on any atom is -0.355 e. The van der Waals surface area contributed by atoms with Crippen LogP contribution in [0.25, 0.3) is 0 Å². The predicted octanol–water partition coefficient (Wildman–Crippen LogP) is 3.91. The van der Waals surface area contributed by atoms with Crippen molar-refractivity contribution < 1.29 is 13.2 Å². The van der Waals surface area contributed by atoms with Crippen LogP contribution in [0.1, 0.15) is 35.4 Å². The summed E-state index contributed by atoms with van der Waals surface area (Å²) in [6, 6.07) is 28.1. The number of nitrogens with one attached hydrogen (secondary N) is 1. The van der Waals surface area contributed by atoms with E-state index in [1.165, 1.54) is 28.6 Å². The number of hydrogen-bond acceptors (Lipinski definition) is 4. The van der Waals surface area contributed by atoms with Crippen molar-refractivity contribution in [3.8, 4) is 6.07 Å². The summed E-state index contributed by atoms with van der Waals surface area (Å²) in [6.07, 6.45) is 0.950. The van der Waals surface area contributed by atoms with Gasteiger partial charge in [-0.2, -0.15) is 9.57 Å². The van der Waals surface area contributed by atoms with Crippen LogP contribution in [0.2, 0.25) is 0 Å². The maximum absolute atomic E-state index is 13.0. The van der Waals surface area contributed by atoms with Crippen molar-refractivity contribution >= 4 is 15.9 Å². The van der Waals surface area contributed by atoms with Gasteiger partial charge in [-0.05, 0) is 48.2 Å². The number of hydrogen-bond donors (Lipinski definition) is 1. The largest absolute Gasteiger partial charge is 0.355 e. The summed E-state index contributed by atoms with van der Waals surface area (Å²) in [4.78, 5) is 13.1. The number of carbonyl (C=O) groups excluding carboxylic acids is 1. The van der Waals surface area contributed by atoms with Gasteiger partial charge >= 0.3 is 0 Å². The van der Waals surface area contributed by atoms with Gasteiger partial charge in [-0.1, -0.05) is 60.7 Å². The zero-order valence-electron chi connectivity index (χ0n) is 18.8. The molecule has 34 heavy (non-hydrogen) atoms. The van der Waals surface area contributed by atoms with E-state index in [-0.39, 0.29) is 22.6 Å². The first-order valence-corrected chi connectivity index (χ1v) is 12.8. The van der Waals surface area contributed by atoms with E-state index >= 15 is 0 Å². The quantitative estimate of drug-likeness (QED) is 0.563. The third-order valence-electron chi connectivity index (χ3n) is 6.33. The van der Waals surface area contributed by atoms with Gasteiger partial charge in [0, 0.05) is 31.5 Å². The molecule has 1 aliphatic heterocycles. The van der Waals surface area contributed by atoms with Crippen LogP contribution in [-0.4, -0.2) is 38.3 Å². The standard InChI is InChI=1S/C27H27N3O3S/c28-19-21-11-13-25(14-12-21)34(32,33)30-17-15-24(16-18-30)27(31)29-20-26(22-7-3-1-4-8-22)23-9-5-2-6-10-23/h1-14,24,26H,15-18,20H2,(H,29,31). The summed E-state index contributed by atoms with van der Waals surface area (Å²) < 4.78 is 27.3. The Morgan fingerprint density at radius 1 is 0.912 bits per heavy atom. The molecule has 1 N–H and O–H groups in total. The Balaban J connectivity index is 1.37. The number of carbonyl (C=O) groups is 1. The van der Waals surface area contributed by atoms with Crippen LogP contribution in [0.5, 0.6) is 0 Å². The van der Waals surface area contributed by atoms with Crippen molar-refractivity contribution in [1.82, 2.24) is 9.62 Å². The molecule has 6 nitrogen and oxygen atoms in total. The van der Waals surface area contributed by atoms with Gasteiger partial charge in [-0.3, -0.25) is 4.79 Å². The highest BCUT2D eigenvalue weighted by Crippen LogP contribution is 2.26. The Bertz CT molecular complexity index is 1210. The average Bonchev–Trinajstić information content (AvgIpc) is 2.90. The van der Waals surface area contributed by atoms with E-state index in [2.05, 4.69) is 29.6 Å². The zero-order valence-corrected chi connectivity index (χ0v) is 19.6. The second kappa shape index (κ2) is 10.6. The van der Waals surface area contributed by atoms with E-state index in [4.69, 9.17) is 5.26 Å². The Kier molecular flexibility index (Phi) is 7.41. The van der Waals surface area contributed by atoms with Crippen molar-refractivity contribution in [2.24, 2.45) is 5.92 Å². The highest BCUT2D eigenvalue weighted by molar-refractivity contribution is 7.89. The van der Waals surface area contributed by atoms with Gasteiger partial charge in [0.2, 0.25) is 15.9 Å². The summed E-state index contributed by atoms with van der Waals surface area (Å²) in [5.41, 5.74) is 2.69. The fourth-order valence-corrected chi connectivity index (χ4v) is 5.82. The van der Waals surface area contributed by atoms with Gasteiger partial charge in [0.05, 0.1) is 16.5 Å². The molecule has 1 saturated heterocycles. The Morgan fingerprint density at radius 2 is 1.44 bits per heavy atom. The van der Waals surface area contributed by atoms with Gasteiger partial charge in [0.1, 0.15) is 0 Å². The number of nitriles is 1. The summed E-state index contributed by atoms with van der Waals surface area (Å²) in [5.74, 6) is -0.213. The molecule has 0 spiro atoms. The van der Waals surface area contributed by atoms with Crippen LogP contribution in [0.3, 0.4) is 0 Å². The lowest BCUT2D eigenvalue weighted by atomic mass is 9.90. The summed E-state index contributed by atoms with van der Waals surface area (Å²) in [7, 11) is -3.64. The second-order valence-corrected chi connectivity index (χ2v) is 10.4. The fraction of sp³-hybridized carbons (Fsp3) is 0.259. The average molecular weight is 474 g/mol. The highest BCUT2D eigenvalue weighted by atomic mass is 32.2. The van der Waals surface area contributed by atoms with Crippen LogP contribution < -0.4 is 5.32 Å². The SMILES string of the molecule is N#Cc1ccc(S(=O)(=O)N2CCC(C(=O)NCC(c3ccccc3)c3ccccc3)CC2)cc1. The lowest BCUT2D eigenvalue weighted by Crippen LogP contribution is -2.43. The molecule has 1 aliphatic rings. The molecule has 0 bridgehead atoms. The third-order valence-corrected chi connectivity index (χ3v) is 8.24. The monoisotopic (exact) mass is 473 g/mol. The van der Waals surface area contributed by atoms with E-state index in [0.29, 0.717) is 38.0 Å². The molecule has 0 radical (unpaired) electrons. The van der Waals surface area contributed by atoms with Crippen molar-refractivity contribution in [3.05, 3.63) is 102 Å². The van der Waals surface area contributed by atoms with Gasteiger partial charge in [0.25, 0.3) is 0 Å².